The molecule has 0 radical (unpaired) electrons. The molecule has 1 aliphatic rings. The first-order valence-electron chi connectivity index (χ1n) is 8.26. The summed E-state index contributed by atoms with van der Waals surface area (Å²) >= 11 is 0. The molecular formula is C18H30O3. The van der Waals surface area contributed by atoms with E-state index in [2.05, 4.69) is 27.4 Å². The second-order valence-corrected chi connectivity index (χ2v) is 6.75. The summed E-state index contributed by atoms with van der Waals surface area (Å²) in [7, 11) is 0. The molecule has 0 amide bonds. The van der Waals surface area contributed by atoms with Crippen LogP contribution in [0.5, 0.6) is 0 Å². The van der Waals surface area contributed by atoms with Crippen molar-refractivity contribution >= 4 is 11.8 Å². The van der Waals surface area contributed by atoms with Crippen LogP contribution in [0.1, 0.15) is 65.7 Å². The van der Waals surface area contributed by atoms with E-state index in [1.807, 2.05) is 0 Å². The normalized spacial score (nSPS) is 25.6. The molecule has 0 saturated heterocycles. The summed E-state index contributed by atoms with van der Waals surface area (Å²) in [6.07, 6.45) is 6.98. The summed E-state index contributed by atoms with van der Waals surface area (Å²) in [5.74, 6) is 1.18. The first-order chi connectivity index (χ1) is 9.93. The van der Waals surface area contributed by atoms with Crippen molar-refractivity contribution in [1.29, 1.82) is 0 Å². The predicted molar refractivity (Wildman–Crippen MR) is 84.9 cm³/mol. The zero-order valence-electron chi connectivity index (χ0n) is 13.8. The van der Waals surface area contributed by atoms with E-state index in [1.165, 1.54) is 6.42 Å². The fraction of sp³-hybridized carbons (Fsp3) is 0.778. The molecule has 120 valence electrons. The molecule has 0 aromatic heterocycles. The van der Waals surface area contributed by atoms with Crippen molar-refractivity contribution < 1.29 is 14.3 Å². The van der Waals surface area contributed by atoms with Crippen molar-refractivity contribution in [2.75, 3.05) is 0 Å². The van der Waals surface area contributed by atoms with Crippen LogP contribution in [0.25, 0.3) is 0 Å². The smallest absolute Gasteiger partial charge is 0.313 e. The van der Waals surface area contributed by atoms with Gasteiger partial charge in [0.1, 0.15) is 18.3 Å². The SMILES string of the molecule is C=CCCCC(=O)CC(=O)O[C@H]1C[C@H](C)CC[C@H]1C(C)C. The molecule has 0 heterocycles. The Morgan fingerprint density at radius 3 is 2.67 bits per heavy atom. The minimum Gasteiger partial charge on any atom is -0.462 e. The maximum atomic E-state index is 12.0. The molecule has 21 heavy (non-hydrogen) atoms. The van der Waals surface area contributed by atoms with Gasteiger partial charge in [-0.05, 0) is 43.4 Å². The zero-order chi connectivity index (χ0) is 15.8. The molecule has 3 heteroatoms. The van der Waals surface area contributed by atoms with Gasteiger partial charge in [-0.15, -0.1) is 6.58 Å². The molecule has 1 rings (SSSR count). The molecule has 0 aromatic carbocycles. The molecule has 0 unspecified atom stereocenters. The molecule has 1 fully saturated rings. The number of ether oxygens (including phenoxy) is 1. The van der Waals surface area contributed by atoms with Crippen molar-refractivity contribution in [2.45, 2.75) is 71.8 Å². The number of carbonyl (C=O) groups is 2. The highest BCUT2D eigenvalue weighted by Crippen LogP contribution is 2.35. The fourth-order valence-electron chi connectivity index (χ4n) is 3.15. The summed E-state index contributed by atoms with van der Waals surface area (Å²) in [5.41, 5.74) is 0. The minimum absolute atomic E-state index is 0.0118. The number of rotatable bonds is 8. The van der Waals surface area contributed by atoms with Gasteiger partial charge in [-0.25, -0.2) is 0 Å². The van der Waals surface area contributed by atoms with Crippen LogP contribution >= 0.6 is 0 Å². The number of allylic oxidation sites excluding steroid dienone is 1. The molecule has 0 spiro atoms. The third-order valence-corrected chi connectivity index (χ3v) is 4.45. The van der Waals surface area contributed by atoms with Crippen LogP contribution in [0.3, 0.4) is 0 Å². The number of ketones is 1. The quantitative estimate of drug-likeness (QED) is 0.290. The Kier molecular flexibility index (Phi) is 7.69. The van der Waals surface area contributed by atoms with Gasteiger partial charge in [-0.3, -0.25) is 9.59 Å². The van der Waals surface area contributed by atoms with E-state index < -0.39 is 0 Å². The van der Waals surface area contributed by atoms with Gasteiger partial charge in [-0.2, -0.15) is 0 Å². The standard InChI is InChI=1S/C18H30O3/c1-5-6-7-8-15(19)12-18(20)21-17-11-14(4)9-10-16(17)13(2)3/h5,13-14,16-17H,1,6-12H2,2-4H3/t14-,16+,17+/m1/s1. The maximum Gasteiger partial charge on any atom is 0.313 e. The van der Waals surface area contributed by atoms with E-state index in [9.17, 15) is 9.59 Å². The van der Waals surface area contributed by atoms with Crippen LogP contribution in [0.15, 0.2) is 12.7 Å². The average molecular weight is 294 g/mol. The van der Waals surface area contributed by atoms with E-state index in [4.69, 9.17) is 4.74 Å². The van der Waals surface area contributed by atoms with Crippen LogP contribution in [0.2, 0.25) is 0 Å². The van der Waals surface area contributed by atoms with Crippen molar-refractivity contribution in [3.63, 3.8) is 0 Å². The zero-order valence-corrected chi connectivity index (χ0v) is 13.8. The van der Waals surface area contributed by atoms with Gasteiger partial charge in [-0.1, -0.05) is 33.3 Å². The van der Waals surface area contributed by atoms with Crippen molar-refractivity contribution in [3.8, 4) is 0 Å². The van der Waals surface area contributed by atoms with Crippen LogP contribution in [0.4, 0.5) is 0 Å². The first-order valence-corrected chi connectivity index (χ1v) is 8.26. The Bertz CT molecular complexity index is 359. The number of esters is 1. The van der Waals surface area contributed by atoms with Gasteiger partial charge < -0.3 is 4.74 Å². The summed E-state index contributed by atoms with van der Waals surface area (Å²) in [6, 6.07) is 0. The third-order valence-electron chi connectivity index (χ3n) is 4.45. The highest BCUT2D eigenvalue weighted by atomic mass is 16.5. The maximum absolute atomic E-state index is 12.0. The molecule has 1 aliphatic carbocycles. The number of unbranched alkanes of at least 4 members (excludes halogenated alkanes) is 1. The second-order valence-electron chi connectivity index (χ2n) is 6.75. The lowest BCUT2D eigenvalue weighted by molar-refractivity contribution is -0.157. The highest BCUT2D eigenvalue weighted by molar-refractivity contribution is 5.95. The third kappa shape index (κ3) is 6.45. The number of hydrogen-bond donors (Lipinski definition) is 0. The van der Waals surface area contributed by atoms with Crippen LogP contribution in [0, 0.1) is 17.8 Å². The lowest BCUT2D eigenvalue weighted by atomic mass is 9.75. The van der Waals surface area contributed by atoms with Crippen molar-refractivity contribution in [2.24, 2.45) is 17.8 Å². The highest BCUT2D eigenvalue weighted by Gasteiger charge is 2.33. The van der Waals surface area contributed by atoms with Gasteiger partial charge in [0.25, 0.3) is 0 Å². The van der Waals surface area contributed by atoms with E-state index in [0.717, 1.165) is 25.7 Å². The Balaban J connectivity index is 2.43. The van der Waals surface area contributed by atoms with Gasteiger partial charge in [0.15, 0.2) is 0 Å². The van der Waals surface area contributed by atoms with E-state index in [-0.39, 0.29) is 24.3 Å². The number of Topliss-reactive ketones (excluding diaryl/α,β-unsaturated/α-hetero) is 1. The van der Waals surface area contributed by atoms with Gasteiger partial charge >= 0.3 is 5.97 Å². The van der Waals surface area contributed by atoms with Crippen LogP contribution in [-0.4, -0.2) is 17.9 Å². The number of hydrogen-bond acceptors (Lipinski definition) is 3. The Labute approximate surface area is 129 Å². The summed E-state index contributed by atoms with van der Waals surface area (Å²) in [6.45, 7) is 10.2. The molecule has 1 saturated carbocycles. The Morgan fingerprint density at radius 2 is 2.05 bits per heavy atom. The van der Waals surface area contributed by atoms with E-state index in [1.54, 1.807) is 6.08 Å². The monoisotopic (exact) mass is 294 g/mol. The van der Waals surface area contributed by atoms with Gasteiger partial charge in [0.05, 0.1) is 0 Å². The molecule has 0 bridgehead atoms. The predicted octanol–water partition coefficient (Wildman–Crippen LogP) is 4.31. The second kappa shape index (κ2) is 9.01. The molecule has 3 nitrogen and oxygen atoms in total. The van der Waals surface area contributed by atoms with Gasteiger partial charge in [0.2, 0.25) is 0 Å². The van der Waals surface area contributed by atoms with Gasteiger partial charge in [0, 0.05) is 6.42 Å². The summed E-state index contributed by atoms with van der Waals surface area (Å²) < 4.78 is 5.63. The largest absolute Gasteiger partial charge is 0.462 e. The van der Waals surface area contributed by atoms with Crippen LogP contribution in [-0.2, 0) is 14.3 Å². The summed E-state index contributed by atoms with van der Waals surface area (Å²) in [5, 5.41) is 0. The number of carbonyl (C=O) groups excluding carboxylic acids is 2. The molecule has 0 aromatic rings. The molecule has 3 atom stereocenters. The molecule has 0 N–H and O–H groups in total. The Morgan fingerprint density at radius 1 is 1.33 bits per heavy atom. The molecular weight excluding hydrogens is 264 g/mol. The van der Waals surface area contributed by atoms with E-state index >= 15 is 0 Å². The van der Waals surface area contributed by atoms with E-state index in [0.29, 0.717) is 24.2 Å². The summed E-state index contributed by atoms with van der Waals surface area (Å²) in [4.78, 5) is 23.7. The average Bonchev–Trinajstić information content (AvgIpc) is 2.38. The first kappa shape index (κ1) is 17.9. The topological polar surface area (TPSA) is 43.4 Å². The lowest BCUT2D eigenvalue weighted by Gasteiger charge is -2.36. The van der Waals surface area contributed by atoms with Crippen molar-refractivity contribution in [1.82, 2.24) is 0 Å². The van der Waals surface area contributed by atoms with Crippen molar-refractivity contribution in [3.05, 3.63) is 12.7 Å². The minimum atomic E-state index is -0.344. The van der Waals surface area contributed by atoms with Crippen LogP contribution < -0.4 is 0 Å². The Hall–Kier alpha value is -1.12. The lowest BCUT2D eigenvalue weighted by Crippen LogP contribution is -2.36. The fourth-order valence-corrected chi connectivity index (χ4v) is 3.15. The molecule has 0 aliphatic heterocycles.